The highest BCUT2D eigenvalue weighted by atomic mass is 28.3. The standard InChI is InChI=1S/C13H26Si2/c1-8-11-9-12(14(2,3)4)10-13(11)15(5,6)7/h10H,8-9H2,1-7H3. The van der Waals surface area contributed by atoms with Gasteiger partial charge < -0.3 is 0 Å². The van der Waals surface area contributed by atoms with Gasteiger partial charge in [-0.1, -0.05) is 68.2 Å². The summed E-state index contributed by atoms with van der Waals surface area (Å²) in [5, 5.41) is 3.53. The monoisotopic (exact) mass is 238 g/mol. The van der Waals surface area contributed by atoms with Crippen molar-refractivity contribution < 1.29 is 0 Å². The highest BCUT2D eigenvalue weighted by molar-refractivity contribution is 6.86. The van der Waals surface area contributed by atoms with Gasteiger partial charge in [-0.15, -0.1) is 0 Å². The van der Waals surface area contributed by atoms with Crippen LogP contribution in [0.1, 0.15) is 19.8 Å². The molecule has 1 aliphatic rings. The molecule has 0 spiro atoms. The van der Waals surface area contributed by atoms with E-state index in [0.29, 0.717) is 0 Å². The molecule has 0 unspecified atom stereocenters. The van der Waals surface area contributed by atoms with Crippen LogP contribution < -0.4 is 0 Å². The van der Waals surface area contributed by atoms with Gasteiger partial charge in [0.05, 0.1) is 16.1 Å². The zero-order valence-corrected chi connectivity index (χ0v) is 13.5. The number of hydrogen-bond donors (Lipinski definition) is 0. The average Bonchev–Trinajstić information content (AvgIpc) is 2.44. The van der Waals surface area contributed by atoms with Crippen molar-refractivity contribution >= 4 is 16.1 Å². The van der Waals surface area contributed by atoms with E-state index in [9.17, 15) is 0 Å². The maximum atomic E-state index is 2.58. The molecule has 0 saturated heterocycles. The summed E-state index contributed by atoms with van der Waals surface area (Å²) in [5.41, 5.74) is 1.74. The molecule has 0 amide bonds. The summed E-state index contributed by atoms with van der Waals surface area (Å²) in [5.74, 6) is 0. The van der Waals surface area contributed by atoms with Crippen molar-refractivity contribution in [3.63, 3.8) is 0 Å². The molecule has 0 aliphatic heterocycles. The molecular formula is C13H26Si2. The second-order valence-electron chi connectivity index (χ2n) is 6.72. The zero-order valence-electron chi connectivity index (χ0n) is 11.5. The van der Waals surface area contributed by atoms with E-state index in [1.165, 1.54) is 12.8 Å². The molecule has 15 heavy (non-hydrogen) atoms. The van der Waals surface area contributed by atoms with E-state index in [2.05, 4.69) is 52.3 Å². The fourth-order valence-electron chi connectivity index (χ4n) is 2.20. The summed E-state index contributed by atoms with van der Waals surface area (Å²) >= 11 is 0. The Labute approximate surface area is 97.5 Å². The number of hydrogen-bond acceptors (Lipinski definition) is 0. The van der Waals surface area contributed by atoms with E-state index in [4.69, 9.17) is 0 Å². The normalized spacial score (nSPS) is 18.5. The molecule has 0 aromatic heterocycles. The summed E-state index contributed by atoms with van der Waals surface area (Å²) < 4.78 is 0. The van der Waals surface area contributed by atoms with Crippen molar-refractivity contribution in [2.45, 2.75) is 59.0 Å². The fourth-order valence-corrected chi connectivity index (χ4v) is 5.59. The third-order valence-electron chi connectivity index (χ3n) is 3.30. The molecule has 1 rings (SSSR count). The van der Waals surface area contributed by atoms with Crippen LogP contribution in [0.25, 0.3) is 0 Å². The largest absolute Gasteiger partial charge is 0.0775 e. The van der Waals surface area contributed by atoms with E-state index in [0.717, 1.165) is 0 Å². The molecule has 2 heteroatoms. The molecule has 0 bridgehead atoms. The van der Waals surface area contributed by atoms with Crippen molar-refractivity contribution in [2.24, 2.45) is 0 Å². The van der Waals surface area contributed by atoms with Gasteiger partial charge in [-0.2, -0.15) is 0 Å². The quantitative estimate of drug-likeness (QED) is 0.621. The van der Waals surface area contributed by atoms with Gasteiger partial charge >= 0.3 is 0 Å². The Morgan fingerprint density at radius 1 is 1.00 bits per heavy atom. The lowest BCUT2D eigenvalue weighted by Gasteiger charge is -2.19. The van der Waals surface area contributed by atoms with Crippen LogP contribution in [0.4, 0.5) is 0 Å². The van der Waals surface area contributed by atoms with Crippen LogP contribution in [0, 0.1) is 0 Å². The summed E-state index contributed by atoms with van der Waals surface area (Å²) in [6.45, 7) is 17.2. The van der Waals surface area contributed by atoms with Gasteiger partial charge in [-0.25, -0.2) is 0 Å². The first-order valence-corrected chi connectivity index (χ1v) is 13.1. The highest BCUT2D eigenvalue weighted by Gasteiger charge is 2.30. The van der Waals surface area contributed by atoms with Crippen molar-refractivity contribution in [2.75, 3.05) is 0 Å². The summed E-state index contributed by atoms with van der Waals surface area (Å²) in [7, 11) is -2.16. The maximum Gasteiger partial charge on any atom is 0.0775 e. The Morgan fingerprint density at radius 3 is 1.80 bits per heavy atom. The molecule has 0 saturated carbocycles. The topological polar surface area (TPSA) is 0 Å². The second kappa shape index (κ2) is 4.06. The third kappa shape index (κ3) is 2.94. The molecule has 0 fully saturated rings. The van der Waals surface area contributed by atoms with Gasteiger partial charge in [0, 0.05) is 0 Å². The van der Waals surface area contributed by atoms with Crippen molar-refractivity contribution in [3.05, 3.63) is 22.0 Å². The minimum Gasteiger partial charge on any atom is -0.0772 e. The van der Waals surface area contributed by atoms with Gasteiger partial charge in [0.2, 0.25) is 0 Å². The Bertz CT molecular complexity index is 308. The summed E-state index contributed by atoms with van der Waals surface area (Å²) in [6.07, 6.45) is 5.13. The first-order valence-electron chi connectivity index (χ1n) is 6.10. The Balaban J connectivity index is 3.04. The van der Waals surface area contributed by atoms with Crippen LogP contribution in [-0.4, -0.2) is 16.1 Å². The molecule has 0 aromatic rings. The van der Waals surface area contributed by atoms with Gasteiger partial charge in [-0.3, -0.25) is 0 Å². The number of allylic oxidation sites excluding steroid dienone is 4. The van der Waals surface area contributed by atoms with Crippen molar-refractivity contribution in [3.8, 4) is 0 Å². The van der Waals surface area contributed by atoms with E-state index in [-0.39, 0.29) is 0 Å². The Morgan fingerprint density at radius 2 is 1.53 bits per heavy atom. The molecule has 0 atom stereocenters. The predicted octanol–water partition coefficient (Wildman–Crippen LogP) is 4.78. The molecule has 0 nitrogen and oxygen atoms in total. The van der Waals surface area contributed by atoms with Gasteiger partial charge in [0.25, 0.3) is 0 Å². The molecule has 1 aliphatic carbocycles. The minimum atomic E-state index is -1.10. The van der Waals surface area contributed by atoms with Crippen LogP contribution in [-0.2, 0) is 0 Å². The lowest BCUT2D eigenvalue weighted by Crippen LogP contribution is -2.24. The minimum absolute atomic E-state index is 1.06. The lowest BCUT2D eigenvalue weighted by molar-refractivity contribution is 1.03. The van der Waals surface area contributed by atoms with Crippen LogP contribution in [0.5, 0.6) is 0 Å². The number of rotatable bonds is 3. The van der Waals surface area contributed by atoms with Gasteiger partial charge in [0.15, 0.2) is 0 Å². The molecule has 86 valence electrons. The smallest absolute Gasteiger partial charge is 0.0772 e. The molecule has 0 heterocycles. The first-order chi connectivity index (χ1) is 6.66. The third-order valence-corrected chi connectivity index (χ3v) is 7.66. The fraction of sp³-hybridized carbons (Fsp3) is 0.692. The molecular weight excluding hydrogens is 212 g/mol. The van der Waals surface area contributed by atoms with Crippen molar-refractivity contribution in [1.82, 2.24) is 0 Å². The van der Waals surface area contributed by atoms with Crippen molar-refractivity contribution in [1.29, 1.82) is 0 Å². The Hall–Kier alpha value is -0.0862. The second-order valence-corrected chi connectivity index (χ2v) is 16.9. The van der Waals surface area contributed by atoms with Crippen LogP contribution >= 0.6 is 0 Å². The van der Waals surface area contributed by atoms with Gasteiger partial charge in [-0.05, 0) is 12.8 Å². The predicted molar refractivity (Wildman–Crippen MR) is 76.7 cm³/mol. The van der Waals surface area contributed by atoms with E-state index >= 15 is 0 Å². The molecule has 0 radical (unpaired) electrons. The van der Waals surface area contributed by atoms with Crippen LogP contribution in [0.15, 0.2) is 22.0 Å². The first kappa shape index (κ1) is 13.0. The SMILES string of the molecule is CCC1=C([Si](C)(C)C)C=C([Si](C)(C)C)C1. The lowest BCUT2D eigenvalue weighted by atomic mass is 10.2. The van der Waals surface area contributed by atoms with Crippen LogP contribution in [0.3, 0.4) is 0 Å². The highest BCUT2D eigenvalue weighted by Crippen LogP contribution is 2.37. The van der Waals surface area contributed by atoms with E-state index in [1.54, 1.807) is 16.0 Å². The zero-order chi connectivity index (χ0) is 11.9. The average molecular weight is 239 g/mol. The maximum absolute atomic E-state index is 2.58. The Kier molecular flexibility index (Phi) is 3.51. The summed E-state index contributed by atoms with van der Waals surface area (Å²) in [6, 6.07) is 0. The summed E-state index contributed by atoms with van der Waals surface area (Å²) in [4.78, 5) is 0. The molecule has 0 aromatic carbocycles. The van der Waals surface area contributed by atoms with E-state index in [1.807, 2.05) is 0 Å². The van der Waals surface area contributed by atoms with Gasteiger partial charge in [0.1, 0.15) is 0 Å². The van der Waals surface area contributed by atoms with Crippen LogP contribution in [0.2, 0.25) is 39.3 Å². The van der Waals surface area contributed by atoms with E-state index < -0.39 is 16.1 Å². The molecule has 0 N–H and O–H groups in total.